The summed E-state index contributed by atoms with van der Waals surface area (Å²) in [5.74, 6) is -0.329. The largest absolute Gasteiger partial charge is 0.423 e. The molecular formula is C15H10ClNO4. The molecular weight excluding hydrogens is 294 g/mol. The zero-order chi connectivity index (χ0) is 15.2. The molecule has 0 aliphatic rings. The van der Waals surface area contributed by atoms with Crippen LogP contribution in [-0.4, -0.2) is 10.9 Å². The molecule has 0 aliphatic carbocycles. The molecule has 0 amide bonds. The average Bonchev–Trinajstić information content (AvgIpc) is 2.47. The Labute approximate surface area is 125 Å². The van der Waals surface area contributed by atoms with Crippen molar-refractivity contribution < 1.29 is 14.5 Å². The summed E-state index contributed by atoms with van der Waals surface area (Å²) in [5, 5.41) is 11.1. The van der Waals surface area contributed by atoms with Crippen LogP contribution in [0.1, 0.15) is 5.56 Å². The third kappa shape index (κ3) is 4.43. The molecule has 0 heterocycles. The molecule has 0 saturated carbocycles. The van der Waals surface area contributed by atoms with E-state index in [0.717, 1.165) is 5.56 Å². The minimum absolute atomic E-state index is 0.0634. The molecule has 5 nitrogen and oxygen atoms in total. The normalized spacial score (nSPS) is 10.5. The number of nitrogens with zero attached hydrogens (tertiary/aromatic N) is 1. The molecule has 2 rings (SSSR count). The van der Waals surface area contributed by atoms with Gasteiger partial charge < -0.3 is 4.74 Å². The van der Waals surface area contributed by atoms with E-state index >= 15 is 0 Å². The van der Waals surface area contributed by atoms with Crippen molar-refractivity contribution in [2.75, 3.05) is 0 Å². The first kappa shape index (κ1) is 14.7. The Morgan fingerprint density at radius 1 is 1.10 bits per heavy atom. The lowest BCUT2D eigenvalue weighted by atomic mass is 10.2. The highest BCUT2D eigenvalue weighted by molar-refractivity contribution is 6.30. The van der Waals surface area contributed by atoms with Gasteiger partial charge >= 0.3 is 5.97 Å². The van der Waals surface area contributed by atoms with E-state index in [9.17, 15) is 14.9 Å². The van der Waals surface area contributed by atoms with Gasteiger partial charge in [0.15, 0.2) is 0 Å². The summed E-state index contributed by atoms with van der Waals surface area (Å²) in [4.78, 5) is 21.6. The first-order chi connectivity index (χ1) is 10.0. The molecule has 0 aliphatic heterocycles. The Balaban J connectivity index is 1.98. The van der Waals surface area contributed by atoms with Gasteiger partial charge in [-0.1, -0.05) is 23.7 Å². The smallest absolute Gasteiger partial charge is 0.336 e. The molecule has 0 saturated heterocycles. The van der Waals surface area contributed by atoms with Crippen molar-refractivity contribution in [3.8, 4) is 5.75 Å². The highest BCUT2D eigenvalue weighted by Crippen LogP contribution is 2.17. The van der Waals surface area contributed by atoms with Gasteiger partial charge in [0.1, 0.15) is 5.75 Å². The monoisotopic (exact) mass is 303 g/mol. The highest BCUT2D eigenvalue weighted by atomic mass is 35.5. The Bertz CT molecular complexity index is 678. The molecule has 0 spiro atoms. The van der Waals surface area contributed by atoms with Crippen LogP contribution in [0.25, 0.3) is 6.08 Å². The lowest BCUT2D eigenvalue weighted by Crippen LogP contribution is -2.03. The molecule has 0 N–H and O–H groups in total. The molecule has 0 radical (unpaired) electrons. The number of nitro benzene ring substituents is 1. The van der Waals surface area contributed by atoms with E-state index in [4.69, 9.17) is 16.3 Å². The highest BCUT2D eigenvalue weighted by Gasteiger charge is 2.06. The molecule has 106 valence electrons. The predicted molar refractivity (Wildman–Crippen MR) is 79.2 cm³/mol. The minimum Gasteiger partial charge on any atom is -0.423 e. The quantitative estimate of drug-likeness (QED) is 0.283. The Morgan fingerprint density at radius 2 is 1.71 bits per heavy atom. The third-order valence-electron chi connectivity index (χ3n) is 2.55. The van der Waals surface area contributed by atoms with Gasteiger partial charge in [-0.15, -0.1) is 0 Å². The van der Waals surface area contributed by atoms with Gasteiger partial charge in [0.2, 0.25) is 0 Å². The van der Waals surface area contributed by atoms with Crippen molar-refractivity contribution in [1.29, 1.82) is 0 Å². The fourth-order valence-electron chi connectivity index (χ4n) is 1.52. The van der Waals surface area contributed by atoms with Crippen LogP contribution in [0.2, 0.25) is 5.02 Å². The second-order valence-corrected chi connectivity index (χ2v) is 4.49. The summed E-state index contributed by atoms with van der Waals surface area (Å²) in [7, 11) is 0. The maximum absolute atomic E-state index is 11.6. The van der Waals surface area contributed by atoms with E-state index < -0.39 is 10.9 Å². The number of halogens is 1. The number of hydrogen-bond acceptors (Lipinski definition) is 4. The molecule has 0 fully saturated rings. The maximum atomic E-state index is 11.6. The number of ether oxygens (including phenoxy) is 1. The third-order valence-corrected chi connectivity index (χ3v) is 2.80. The number of hydrogen-bond donors (Lipinski definition) is 0. The van der Waals surface area contributed by atoms with Gasteiger partial charge in [0.05, 0.1) is 4.92 Å². The fraction of sp³-hybridized carbons (Fsp3) is 0. The molecule has 0 unspecified atom stereocenters. The van der Waals surface area contributed by atoms with Crippen molar-refractivity contribution >= 4 is 29.3 Å². The Kier molecular flexibility index (Phi) is 4.68. The van der Waals surface area contributed by atoms with Crippen LogP contribution >= 0.6 is 11.6 Å². The van der Waals surface area contributed by atoms with Crippen molar-refractivity contribution in [1.82, 2.24) is 0 Å². The first-order valence-electron chi connectivity index (χ1n) is 5.94. The summed E-state index contributed by atoms with van der Waals surface area (Å²) in [5.41, 5.74) is 0.742. The molecule has 2 aromatic carbocycles. The SMILES string of the molecule is O=C(/C=C\c1ccc(Cl)cc1)Oc1ccc([N+](=O)[O-])cc1. The van der Waals surface area contributed by atoms with Gasteiger partial charge in [0, 0.05) is 23.2 Å². The van der Waals surface area contributed by atoms with Gasteiger partial charge in [-0.2, -0.15) is 0 Å². The summed E-state index contributed by atoms with van der Waals surface area (Å²) in [6.07, 6.45) is 2.86. The predicted octanol–water partition coefficient (Wildman–Crippen LogP) is 3.87. The molecule has 2 aromatic rings. The number of rotatable bonds is 4. The molecule has 0 aromatic heterocycles. The summed E-state index contributed by atoms with van der Waals surface area (Å²) in [6.45, 7) is 0. The van der Waals surface area contributed by atoms with Crippen molar-refractivity contribution in [3.63, 3.8) is 0 Å². The van der Waals surface area contributed by atoms with E-state index in [0.29, 0.717) is 5.02 Å². The van der Waals surface area contributed by atoms with Gasteiger partial charge in [-0.25, -0.2) is 4.79 Å². The Morgan fingerprint density at radius 3 is 2.29 bits per heavy atom. The zero-order valence-corrected chi connectivity index (χ0v) is 11.5. The van der Waals surface area contributed by atoms with Gasteiger partial charge in [-0.05, 0) is 35.9 Å². The Hall–Kier alpha value is -2.66. The van der Waals surface area contributed by atoms with Crippen LogP contribution in [0.3, 0.4) is 0 Å². The van der Waals surface area contributed by atoms with Gasteiger partial charge in [-0.3, -0.25) is 10.1 Å². The van der Waals surface area contributed by atoms with E-state index in [2.05, 4.69) is 0 Å². The summed E-state index contributed by atoms with van der Waals surface area (Å²) < 4.78 is 5.02. The fourth-order valence-corrected chi connectivity index (χ4v) is 1.65. The lowest BCUT2D eigenvalue weighted by Gasteiger charge is -2.00. The number of carbonyl (C=O) groups is 1. The van der Waals surface area contributed by atoms with E-state index in [1.165, 1.54) is 30.3 Å². The number of carbonyl (C=O) groups excluding carboxylic acids is 1. The average molecular weight is 304 g/mol. The second kappa shape index (κ2) is 6.67. The number of non-ortho nitro benzene ring substituents is 1. The molecule has 0 atom stereocenters. The zero-order valence-electron chi connectivity index (χ0n) is 10.7. The first-order valence-corrected chi connectivity index (χ1v) is 6.32. The summed E-state index contributed by atoms with van der Waals surface area (Å²) in [6, 6.07) is 12.2. The van der Waals surface area contributed by atoms with Crippen LogP contribution in [0.4, 0.5) is 5.69 Å². The molecule has 0 bridgehead atoms. The van der Waals surface area contributed by atoms with Crippen LogP contribution < -0.4 is 4.74 Å². The standard InChI is InChI=1S/C15H10ClNO4/c16-12-4-1-11(2-5-12)3-10-15(18)21-14-8-6-13(7-9-14)17(19)20/h1-10H/b10-3-. The number of benzene rings is 2. The van der Waals surface area contributed by atoms with Crippen LogP contribution in [0, 0.1) is 10.1 Å². The number of nitro groups is 1. The van der Waals surface area contributed by atoms with E-state index in [1.807, 2.05) is 0 Å². The minimum atomic E-state index is -0.571. The molecule has 6 heteroatoms. The van der Waals surface area contributed by atoms with Crippen molar-refractivity contribution in [2.24, 2.45) is 0 Å². The van der Waals surface area contributed by atoms with Crippen LogP contribution in [-0.2, 0) is 4.79 Å². The second-order valence-electron chi connectivity index (χ2n) is 4.06. The van der Waals surface area contributed by atoms with Crippen molar-refractivity contribution in [2.45, 2.75) is 0 Å². The van der Waals surface area contributed by atoms with Crippen molar-refractivity contribution in [3.05, 3.63) is 75.3 Å². The number of esters is 1. The molecule has 21 heavy (non-hydrogen) atoms. The van der Waals surface area contributed by atoms with E-state index in [-0.39, 0.29) is 11.4 Å². The maximum Gasteiger partial charge on any atom is 0.336 e. The topological polar surface area (TPSA) is 69.4 Å². The van der Waals surface area contributed by atoms with E-state index in [1.54, 1.807) is 30.3 Å². The van der Waals surface area contributed by atoms with Crippen LogP contribution in [0.5, 0.6) is 5.75 Å². The van der Waals surface area contributed by atoms with Crippen LogP contribution in [0.15, 0.2) is 54.6 Å². The summed E-state index contributed by atoms with van der Waals surface area (Å²) >= 11 is 5.75. The van der Waals surface area contributed by atoms with Gasteiger partial charge in [0.25, 0.3) is 5.69 Å². The lowest BCUT2D eigenvalue weighted by molar-refractivity contribution is -0.384.